The summed E-state index contributed by atoms with van der Waals surface area (Å²) < 4.78 is 12.6. The third-order valence-electron chi connectivity index (χ3n) is 13.7. The average molecular weight is 534 g/mol. The number of carbonyl (C=O) groups excluding carboxylic acids is 1. The van der Waals surface area contributed by atoms with Crippen molar-refractivity contribution in [3.63, 3.8) is 0 Å². The van der Waals surface area contributed by atoms with Crippen LogP contribution in [0.15, 0.2) is 0 Å². The molecule has 4 saturated carbocycles. The van der Waals surface area contributed by atoms with Gasteiger partial charge >= 0.3 is 5.97 Å². The van der Waals surface area contributed by atoms with Gasteiger partial charge in [0.15, 0.2) is 0 Å². The van der Waals surface area contributed by atoms with Crippen LogP contribution in [-0.4, -0.2) is 52.2 Å². The molecule has 0 aromatic rings. The third-order valence-corrected chi connectivity index (χ3v) is 13.7. The number of hydrogen-bond donors (Lipinski definition) is 3. The van der Waals surface area contributed by atoms with Gasteiger partial charge in [-0.3, -0.25) is 4.79 Å². The van der Waals surface area contributed by atoms with Gasteiger partial charge in [-0.25, -0.2) is 0 Å². The van der Waals surface area contributed by atoms with E-state index in [2.05, 4.69) is 41.5 Å². The molecule has 5 aliphatic rings. The molecule has 6 heteroatoms. The van der Waals surface area contributed by atoms with E-state index < -0.39 is 5.60 Å². The summed E-state index contributed by atoms with van der Waals surface area (Å²) in [4.78, 5) is 12.1. The maximum Gasteiger partial charge on any atom is 0.319 e. The SMILES string of the molecule is CC(C)(O)[C@H]1CC[C@@](C)([C@H]2CC[C@]3(C)[C@@H]2[C@H](O)C[C@@H]2[C@@]4(C)CC[C@H](OC(=O)CN)C(C)(C)[C@@H]4CC[C@]23C)O1. The van der Waals surface area contributed by atoms with Crippen LogP contribution >= 0.6 is 0 Å². The molecule has 218 valence electrons. The van der Waals surface area contributed by atoms with E-state index in [1.165, 1.54) is 0 Å². The van der Waals surface area contributed by atoms with E-state index >= 15 is 0 Å². The van der Waals surface area contributed by atoms with Crippen molar-refractivity contribution < 1.29 is 24.5 Å². The van der Waals surface area contributed by atoms with Crippen LogP contribution in [0.2, 0.25) is 0 Å². The lowest BCUT2D eigenvalue weighted by molar-refractivity contribution is -0.251. The maximum atomic E-state index is 12.1. The minimum atomic E-state index is -0.848. The Kier molecular flexibility index (Phi) is 6.75. The number of esters is 1. The van der Waals surface area contributed by atoms with Crippen LogP contribution in [0.5, 0.6) is 0 Å². The Bertz CT molecular complexity index is 945. The number of aliphatic hydroxyl groups excluding tert-OH is 1. The van der Waals surface area contributed by atoms with Gasteiger partial charge in [0, 0.05) is 5.41 Å². The summed E-state index contributed by atoms with van der Waals surface area (Å²) in [5.74, 6) is 1.08. The molecular weight excluding hydrogens is 478 g/mol. The fourth-order valence-corrected chi connectivity index (χ4v) is 11.5. The van der Waals surface area contributed by atoms with E-state index in [1.807, 2.05) is 13.8 Å². The zero-order valence-corrected chi connectivity index (χ0v) is 25.3. The highest BCUT2D eigenvalue weighted by atomic mass is 16.5. The molecule has 4 aliphatic carbocycles. The minimum absolute atomic E-state index is 0.0418. The van der Waals surface area contributed by atoms with E-state index in [0.717, 1.165) is 57.8 Å². The van der Waals surface area contributed by atoms with E-state index in [1.54, 1.807) is 0 Å². The summed E-state index contributed by atoms with van der Waals surface area (Å²) in [6.45, 7) is 18.0. The Morgan fingerprint density at radius 1 is 0.947 bits per heavy atom. The Morgan fingerprint density at radius 3 is 2.21 bits per heavy atom. The van der Waals surface area contributed by atoms with Crippen molar-refractivity contribution in [2.75, 3.05) is 6.54 Å². The van der Waals surface area contributed by atoms with Crippen LogP contribution in [0.1, 0.15) is 113 Å². The van der Waals surface area contributed by atoms with Crippen LogP contribution in [0.3, 0.4) is 0 Å². The monoisotopic (exact) mass is 533 g/mol. The number of ether oxygens (including phenoxy) is 2. The van der Waals surface area contributed by atoms with E-state index in [4.69, 9.17) is 15.2 Å². The molecule has 5 fully saturated rings. The van der Waals surface area contributed by atoms with E-state index in [-0.39, 0.29) is 64.0 Å². The molecule has 0 amide bonds. The number of aliphatic hydroxyl groups is 2. The Morgan fingerprint density at radius 2 is 1.61 bits per heavy atom. The van der Waals surface area contributed by atoms with Crippen LogP contribution in [0.25, 0.3) is 0 Å². The molecule has 0 radical (unpaired) electrons. The molecule has 6 nitrogen and oxygen atoms in total. The third kappa shape index (κ3) is 3.89. The molecular formula is C32H55NO5. The largest absolute Gasteiger partial charge is 0.461 e. The summed E-state index contributed by atoms with van der Waals surface area (Å²) in [5.41, 5.74) is 4.59. The Balaban J connectivity index is 1.44. The zero-order valence-electron chi connectivity index (χ0n) is 25.3. The highest BCUT2D eigenvalue weighted by molar-refractivity contribution is 5.71. The summed E-state index contributed by atoms with van der Waals surface area (Å²) in [7, 11) is 0. The molecule has 1 heterocycles. The first kappa shape index (κ1) is 28.8. The molecule has 38 heavy (non-hydrogen) atoms. The van der Waals surface area contributed by atoms with Crippen molar-refractivity contribution in [3.05, 3.63) is 0 Å². The minimum Gasteiger partial charge on any atom is -0.461 e. The van der Waals surface area contributed by atoms with Gasteiger partial charge in [-0.2, -0.15) is 0 Å². The number of carbonyl (C=O) groups is 1. The van der Waals surface area contributed by atoms with Crippen LogP contribution in [0.4, 0.5) is 0 Å². The molecule has 1 aliphatic heterocycles. The zero-order chi connectivity index (χ0) is 28.1. The molecule has 5 rings (SSSR count). The second-order valence-electron chi connectivity index (χ2n) is 16.1. The quantitative estimate of drug-likeness (QED) is 0.428. The smallest absolute Gasteiger partial charge is 0.319 e. The normalized spacial score (nSPS) is 52.1. The number of nitrogens with two attached hydrogens (primary N) is 1. The first-order chi connectivity index (χ1) is 17.4. The number of fused-ring (bicyclic) bond motifs is 5. The van der Waals surface area contributed by atoms with E-state index in [9.17, 15) is 15.0 Å². The summed E-state index contributed by atoms with van der Waals surface area (Å²) >= 11 is 0. The fourth-order valence-electron chi connectivity index (χ4n) is 11.5. The molecule has 0 aromatic heterocycles. The molecule has 1 saturated heterocycles. The molecule has 0 aromatic carbocycles. The topological polar surface area (TPSA) is 102 Å². The Labute approximate surface area is 230 Å². The van der Waals surface area contributed by atoms with Crippen LogP contribution in [-0.2, 0) is 14.3 Å². The second kappa shape index (κ2) is 8.90. The first-order valence-electron chi connectivity index (χ1n) is 15.4. The highest BCUT2D eigenvalue weighted by Crippen LogP contribution is 2.76. The van der Waals surface area contributed by atoms with Crippen molar-refractivity contribution in [3.8, 4) is 0 Å². The highest BCUT2D eigenvalue weighted by Gasteiger charge is 2.72. The summed E-state index contributed by atoms with van der Waals surface area (Å²) in [5, 5.41) is 22.7. The summed E-state index contributed by atoms with van der Waals surface area (Å²) in [6, 6.07) is 0. The van der Waals surface area contributed by atoms with Crippen molar-refractivity contribution in [1.82, 2.24) is 0 Å². The van der Waals surface area contributed by atoms with Gasteiger partial charge in [-0.15, -0.1) is 0 Å². The fraction of sp³-hybridized carbons (Fsp3) is 0.969. The van der Waals surface area contributed by atoms with Crippen LogP contribution < -0.4 is 5.73 Å². The standard InChI is InChI=1S/C32H55NO5/c1-27(2)21-10-15-30(6)22(29(21,5)13-11-23(27)37-25(35)18-33)17-20(34)26-19(9-14-31(26,30)7)32(8)16-12-24(38-32)28(3,4)36/h19-24,26,34,36H,9-18,33H2,1-8H3/t19-,20+,21-,22+,23-,24+,26-,29-,30+,31+,32-/m0/s1. The van der Waals surface area contributed by atoms with Crippen molar-refractivity contribution >= 4 is 5.97 Å². The number of rotatable bonds is 4. The van der Waals surface area contributed by atoms with Crippen molar-refractivity contribution in [2.24, 2.45) is 51.1 Å². The molecule has 0 spiro atoms. The first-order valence-corrected chi connectivity index (χ1v) is 15.4. The Hall–Kier alpha value is -0.690. The van der Waals surface area contributed by atoms with Crippen molar-refractivity contribution in [1.29, 1.82) is 0 Å². The molecule has 11 atom stereocenters. The van der Waals surface area contributed by atoms with Crippen LogP contribution in [0, 0.1) is 45.3 Å². The van der Waals surface area contributed by atoms with Crippen molar-refractivity contribution in [2.45, 2.75) is 143 Å². The maximum absolute atomic E-state index is 12.1. The predicted molar refractivity (Wildman–Crippen MR) is 148 cm³/mol. The van der Waals surface area contributed by atoms with Gasteiger partial charge in [0.25, 0.3) is 0 Å². The molecule has 0 unspecified atom stereocenters. The molecule has 4 N–H and O–H groups in total. The predicted octanol–water partition coefficient (Wildman–Crippen LogP) is 5.22. The van der Waals surface area contributed by atoms with Gasteiger partial charge in [-0.05, 0) is 118 Å². The molecule has 0 bridgehead atoms. The second-order valence-corrected chi connectivity index (χ2v) is 16.1. The van der Waals surface area contributed by atoms with Gasteiger partial charge in [0.2, 0.25) is 0 Å². The average Bonchev–Trinajstić information content (AvgIpc) is 3.40. The lowest BCUT2D eigenvalue weighted by atomic mass is 9.35. The lowest BCUT2D eigenvalue weighted by Crippen LogP contribution is -2.66. The van der Waals surface area contributed by atoms with E-state index in [0.29, 0.717) is 17.8 Å². The summed E-state index contributed by atoms with van der Waals surface area (Å²) in [6.07, 6.45) is 8.44. The number of hydrogen-bond acceptors (Lipinski definition) is 6. The van der Waals surface area contributed by atoms with Gasteiger partial charge in [0.1, 0.15) is 6.10 Å². The lowest BCUT2D eigenvalue weighted by Gasteiger charge is -2.70. The van der Waals surface area contributed by atoms with Gasteiger partial charge in [0.05, 0.1) is 30.0 Å². The van der Waals surface area contributed by atoms with Gasteiger partial charge < -0.3 is 25.4 Å². The van der Waals surface area contributed by atoms with Gasteiger partial charge in [-0.1, -0.05) is 34.6 Å².